The Morgan fingerprint density at radius 1 is 0.895 bits per heavy atom. The Hall–Kier alpha value is -1.80. The van der Waals surface area contributed by atoms with Gasteiger partial charge in [0.1, 0.15) is 0 Å². The third kappa shape index (κ3) is 2.96. The Balaban J connectivity index is 2.24. The van der Waals surface area contributed by atoms with E-state index in [9.17, 15) is 0 Å². The topological polar surface area (TPSA) is 29.3 Å². The van der Waals surface area contributed by atoms with Crippen molar-refractivity contribution in [3.8, 4) is 11.1 Å². The predicted octanol–water partition coefficient (Wildman–Crippen LogP) is 3.53. The van der Waals surface area contributed by atoms with Crippen molar-refractivity contribution in [2.24, 2.45) is 5.73 Å². The van der Waals surface area contributed by atoms with E-state index in [1.807, 2.05) is 6.07 Å². The Morgan fingerprint density at radius 3 is 1.95 bits per heavy atom. The van der Waals surface area contributed by atoms with Crippen molar-refractivity contribution in [2.75, 3.05) is 18.5 Å². The maximum atomic E-state index is 5.82. The largest absolute Gasteiger partial charge is 0.368 e. The smallest absolute Gasteiger partial charge is 0.0464 e. The van der Waals surface area contributed by atoms with Gasteiger partial charge in [0.05, 0.1) is 0 Å². The van der Waals surface area contributed by atoms with Crippen LogP contribution in [0.15, 0.2) is 54.6 Å². The first-order chi connectivity index (χ1) is 9.04. The lowest BCUT2D eigenvalue weighted by Gasteiger charge is -2.36. The van der Waals surface area contributed by atoms with E-state index < -0.39 is 0 Å². The van der Waals surface area contributed by atoms with E-state index in [4.69, 9.17) is 5.73 Å². The standard InChI is InChI=1S/C17H22N2/c1-17(2,13-18)19(3)16-11-9-15(10-12-16)14-7-5-4-6-8-14/h4-12H,13,18H2,1-3H3. The lowest BCUT2D eigenvalue weighted by molar-refractivity contribution is 0.498. The minimum atomic E-state index is -0.0335. The number of likely N-dealkylation sites (N-methyl/N-ethyl adjacent to an activating group) is 1. The first-order valence-corrected chi connectivity index (χ1v) is 6.64. The van der Waals surface area contributed by atoms with Crippen molar-refractivity contribution in [2.45, 2.75) is 19.4 Å². The second-order valence-electron chi connectivity index (χ2n) is 5.49. The zero-order valence-corrected chi connectivity index (χ0v) is 11.9. The number of anilines is 1. The number of hydrogen-bond acceptors (Lipinski definition) is 2. The van der Waals surface area contributed by atoms with Crippen molar-refractivity contribution in [1.82, 2.24) is 0 Å². The van der Waals surface area contributed by atoms with E-state index in [1.54, 1.807) is 0 Å². The highest BCUT2D eigenvalue weighted by Crippen LogP contribution is 2.25. The normalized spacial score (nSPS) is 11.4. The Morgan fingerprint density at radius 2 is 1.42 bits per heavy atom. The molecule has 2 N–H and O–H groups in total. The monoisotopic (exact) mass is 254 g/mol. The number of nitrogens with zero attached hydrogens (tertiary/aromatic N) is 1. The molecule has 0 spiro atoms. The molecule has 19 heavy (non-hydrogen) atoms. The lowest BCUT2D eigenvalue weighted by atomic mass is 10.0. The highest BCUT2D eigenvalue weighted by Gasteiger charge is 2.21. The Labute approximate surface area is 115 Å². The van der Waals surface area contributed by atoms with Crippen LogP contribution < -0.4 is 10.6 Å². The molecule has 0 heterocycles. The molecule has 0 atom stereocenters. The van der Waals surface area contributed by atoms with Crippen LogP contribution in [0.2, 0.25) is 0 Å². The number of rotatable bonds is 4. The fraction of sp³-hybridized carbons (Fsp3) is 0.294. The second kappa shape index (κ2) is 5.45. The summed E-state index contributed by atoms with van der Waals surface area (Å²) in [6.45, 7) is 4.93. The average molecular weight is 254 g/mol. The lowest BCUT2D eigenvalue weighted by Crippen LogP contribution is -2.47. The van der Waals surface area contributed by atoms with E-state index in [0.29, 0.717) is 6.54 Å². The molecule has 2 aromatic carbocycles. The fourth-order valence-corrected chi connectivity index (χ4v) is 1.99. The van der Waals surface area contributed by atoms with Gasteiger partial charge in [-0.25, -0.2) is 0 Å². The van der Waals surface area contributed by atoms with Crippen LogP contribution in [-0.4, -0.2) is 19.1 Å². The van der Waals surface area contributed by atoms with E-state index in [0.717, 1.165) is 0 Å². The summed E-state index contributed by atoms with van der Waals surface area (Å²) in [7, 11) is 2.09. The molecule has 0 saturated carbocycles. The van der Waals surface area contributed by atoms with Gasteiger partial charge in [0.25, 0.3) is 0 Å². The zero-order valence-electron chi connectivity index (χ0n) is 11.9. The number of benzene rings is 2. The number of hydrogen-bond donors (Lipinski definition) is 1. The molecule has 0 aromatic heterocycles. The van der Waals surface area contributed by atoms with Crippen molar-refractivity contribution in [3.63, 3.8) is 0 Å². The highest BCUT2D eigenvalue weighted by molar-refractivity contribution is 5.66. The molecule has 0 aliphatic heterocycles. The SMILES string of the molecule is CN(c1ccc(-c2ccccc2)cc1)C(C)(C)CN. The van der Waals surface area contributed by atoms with Crippen LogP contribution in [0.25, 0.3) is 11.1 Å². The molecule has 0 bridgehead atoms. The average Bonchev–Trinajstić information content (AvgIpc) is 2.47. The fourth-order valence-electron chi connectivity index (χ4n) is 1.99. The third-order valence-corrected chi connectivity index (χ3v) is 3.77. The van der Waals surface area contributed by atoms with Crippen LogP contribution in [0.4, 0.5) is 5.69 Å². The van der Waals surface area contributed by atoms with Gasteiger partial charge < -0.3 is 10.6 Å². The van der Waals surface area contributed by atoms with Gasteiger partial charge in [-0.15, -0.1) is 0 Å². The second-order valence-corrected chi connectivity index (χ2v) is 5.49. The molecule has 0 saturated heterocycles. The van der Waals surface area contributed by atoms with Crippen LogP contribution >= 0.6 is 0 Å². The molecule has 2 nitrogen and oxygen atoms in total. The van der Waals surface area contributed by atoms with Gasteiger partial charge in [-0.2, -0.15) is 0 Å². The van der Waals surface area contributed by atoms with Gasteiger partial charge in [0.15, 0.2) is 0 Å². The maximum Gasteiger partial charge on any atom is 0.0464 e. The van der Waals surface area contributed by atoms with Crippen LogP contribution in [0.5, 0.6) is 0 Å². The van der Waals surface area contributed by atoms with Crippen molar-refractivity contribution in [3.05, 3.63) is 54.6 Å². The molecular formula is C17H22N2. The van der Waals surface area contributed by atoms with Gasteiger partial charge in [0, 0.05) is 24.8 Å². The van der Waals surface area contributed by atoms with E-state index in [2.05, 4.69) is 74.3 Å². The van der Waals surface area contributed by atoms with Gasteiger partial charge in [-0.1, -0.05) is 42.5 Å². The molecule has 2 heteroatoms. The van der Waals surface area contributed by atoms with Crippen LogP contribution in [0.3, 0.4) is 0 Å². The minimum absolute atomic E-state index is 0.0335. The van der Waals surface area contributed by atoms with E-state index >= 15 is 0 Å². The van der Waals surface area contributed by atoms with Crippen LogP contribution in [0.1, 0.15) is 13.8 Å². The van der Waals surface area contributed by atoms with Crippen LogP contribution in [0, 0.1) is 0 Å². The molecule has 0 amide bonds. The highest BCUT2D eigenvalue weighted by atomic mass is 15.2. The predicted molar refractivity (Wildman–Crippen MR) is 83.4 cm³/mol. The summed E-state index contributed by atoms with van der Waals surface area (Å²) in [6, 6.07) is 19.0. The molecule has 2 aromatic rings. The zero-order chi connectivity index (χ0) is 13.9. The van der Waals surface area contributed by atoms with E-state index in [1.165, 1.54) is 16.8 Å². The molecule has 2 rings (SSSR count). The van der Waals surface area contributed by atoms with Crippen LogP contribution in [-0.2, 0) is 0 Å². The van der Waals surface area contributed by atoms with Gasteiger partial charge in [-0.3, -0.25) is 0 Å². The molecule has 0 aliphatic carbocycles. The van der Waals surface area contributed by atoms with Crippen molar-refractivity contribution >= 4 is 5.69 Å². The Bertz CT molecular complexity index is 515. The van der Waals surface area contributed by atoms with Crippen molar-refractivity contribution < 1.29 is 0 Å². The van der Waals surface area contributed by atoms with Gasteiger partial charge in [-0.05, 0) is 37.1 Å². The number of nitrogens with two attached hydrogens (primary N) is 1. The summed E-state index contributed by atoms with van der Waals surface area (Å²) >= 11 is 0. The minimum Gasteiger partial charge on any atom is -0.368 e. The summed E-state index contributed by atoms with van der Waals surface area (Å²) in [4.78, 5) is 2.22. The van der Waals surface area contributed by atoms with Gasteiger partial charge >= 0.3 is 0 Å². The van der Waals surface area contributed by atoms with Gasteiger partial charge in [0.2, 0.25) is 0 Å². The molecule has 100 valence electrons. The molecule has 0 radical (unpaired) electrons. The van der Waals surface area contributed by atoms with Crippen molar-refractivity contribution in [1.29, 1.82) is 0 Å². The quantitative estimate of drug-likeness (QED) is 0.904. The van der Waals surface area contributed by atoms with E-state index in [-0.39, 0.29) is 5.54 Å². The summed E-state index contributed by atoms with van der Waals surface area (Å²) in [6.07, 6.45) is 0. The Kier molecular flexibility index (Phi) is 3.91. The maximum absolute atomic E-state index is 5.82. The third-order valence-electron chi connectivity index (χ3n) is 3.77. The summed E-state index contributed by atoms with van der Waals surface area (Å²) in [5.74, 6) is 0. The first kappa shape index (κ1) is 13.6. The molecule has 0 fully saturated rings. The summed E-state index contributed by atoms with van der Waals surface area (Å²) in [5, 5.41) is 0. The molecule has 0 unspecified atom stereocenters. The molecular weight excluding hydrogens is 232 g/mol. The summed E-state index contributed by atoms with van der Waals surface area (Å²) in [5.41, 5.74) is 9.46. The molecule has 0 aliphatic rings. The summed E-state index contributed by atoms with van der Waals surface area (Å²) < 4.78 is 0. The first-order valence-electron chi connectivity index (χ1n) is 6.64.